The number of hydrogen-bond donors (Lipinski definition) is 1. The molecular formula is C21H25ClFN5O5S. The Labute approximate surface area is 205 Å². The Morgan fingerprint density at radius 2 is 2.26 bits per heavy atom. The fraction of sp³-hybridized carbons (Fsp3) is 0.429. The molecule has 3 rings (SSSR count). The van der Waals surface area contributed by atoms with Crippen LogP contribution in [0.5, 0.6) is 5.75 Å². The van der Waals surface area contributed by atoms with Gasteiger partial charge in [0, 0.05) is 25.3 Å². The van der Waals surface area contributed by atoms with E-state index in [9.17, 15) is 8.68 Å². The van der Waals surface area contributed by atoms with Gasteiger partial charge in [-0.3, -0.25) is 9.48 Å². The molecule has 0 aliphatic carbocycles. The van der Waals surface area contributed by atoms with Crippen LogP contribution < -0.4 is 10.1 Å². The summed E-state index contributed by atoms with van der Waals surface area (Å²) in [6.45, 7) is 3.84. The lowest BCUT2D eigenvalue weighted by atomic mass is 10.1. The van der Waals surface area contributed by atoms with E-state index in [4.69, 9.17) is 30.2 Å². The van der Waals surface area contributed by atoms with Gasteiger partial charge in [0.2, 0.25) is 0 Å². The number of aromatic nitrogens is 4. The van der Waals surface area contributed by atoms with Gasteiger partial charge in [-0.2, -0.15) is 8.98 Å². The SMILES string of the molecule is CCOC(COCCOc1ccc(-c2ocnc2C(=O)NCCCn2cncn2)cc1Cl)SF. The first kappa shape index (κ1) is 25.9. The van der Waals surface area contributed by atoms with E-state index in [0.717, 1.165) is 0 Å². The highest BCUT2D eigenvalue weighted by molar-refractivity contribution is 7.94. The van der Waals surface area contributed by atoms with E-state index in [0.29, 0.717) is 48.2 Å². The third-order valence-corrected chi connectivity index (χ3v) is 5.25. The summed E-state index contributed by atoms with van der Waals surface area (Å²) in [6.07, 6.45) is 4.97. The molecule has 0 aliphatic rings. The minimum Gasteiger partial charge on any atom is -0.490 e. The largest absolute Gasteiger partial charge is 0.490 e. The predicted octanol–water partition coefficient (Wildman–Crippen LogP) is 3.78. The highest BCUT2D eigenvalue weighted by Crippen LogP contribution is 2.32. The number of nitrogens with one attached hydrogen (secondary N) is 1. The number of benzene rings is 1. The molecule has 0 saturated heterocycles. The molecule has 2 heterocycles. The van der Waals surface area contributed by atoms with Gasteiger partial charge in [0.15, 0.2) is 23.3 Å². The molecule has 1 aromatic carbocycles. The van der Waals surface area contributed by atoms with Crippen molar-refractivity contribution in [2.45, 2.75) is 25.3 Å². The van der Waals surface area contributed by atoms with Crippen LogP contribution in [0.2, 0.25) is 5.02 Å². The lowest BCUT2D eigenvalue weighted by Crippen LogP contribution is -2.26. The first-order chi connectivity index (χ1) is 16.6. The molecule has 184 valence electrons. The van der Waals surface area contributed by atoms with Crippen LogP contribution in [-0.2, 0) is 16.0 Å². The van der Waals surface area contributed by atoms with Crippen LogP contribution in [0, 0.1) is 0 Å². The fourth-order valence-corrected chi connectivity index (χ4v) is 3.49. The van der Waals surface area contributed by atoms with E-state index >= 15 is 0 Å². The quantitative estimate of drug-likeness (QED) is 0.239. The number of aryl methyl sites for hydroxylation is 1. The standard InChI is InChI=1S/C21H25ClFN5O5S/c1-2-31-18(34-23)11-30-8-9-32-17-5-4-15(10-16(17)22)20-19(26-14-33-20)21(29)25-6-3-7-28-13-24-12-27-28/h4-5,10,12-14,18H,2-3,6-9,11H2,1H3,(H,25,29). The molecule has 0 saturated carbocycles. The minimum atomic E-state index is -0.658. The van der Waals surface area contributed by atoms with Crippen molar-refractivity contribution in [3.05, 3.63) is 48.0 Å². The van der Waals surface area contributed by atoms with Gasteiger partial charge in [-0.1, -0.05) is 11.6 Å². The van der Waals surface area contributed by atoms with Crippen LogP contribution in [0.3, 0.4) is 0 Å². The number of hydrogen-bond acceptors (Lipinski definition) is 9. The van der Waals surface area contributed by atoms with E-state index < -0.39 is 5.44 Å². The van der Waals surface area contributed by atoms with Crippen molar-refractivity contribution in [2.75, 3.05) is 33.0 Å². The lowest BCUT2D eigenvalue weighted by molar-refractivity contribution is 0.0232. The zero-order valence-electron chi connectivity index (χ0n) is 18.5. The van der Waals surface area contributed by atoms with E-state index in [1.165, 1.54) is 12.7 Å². The van der Waals surface area contributed by atoms with Crippen molar-refractivity contribution in [1.82, 2.24) is 25.1 Å². The maximum atomic E-state index is 12.7. The molecule has 2 aromatic heterocycles. The van der Waals surface area contributed by atoms with Gasteiger partial charge in [-0.25, -0.2) is 9.97 Å². The molecular weight excluding hydrogens is 489 g/mol. The van der Waals surface area contributed by atoms with Gasteiger partial charge < -0.3 is 23.9 Å². The molecule has 1 unspecified atom stereocenters. The van der Waals surface area contributed by atoms with Gasteiger partial charge in [0.25, 0.3) is 5.91 Å². The monoisotopic (exact) mass is 513 g/mol. The van der Waals surface area contributed by atoms with Crippen LogP contribution in [0.1, 0.15) is 23.8 Å². The molecule has 34 heavy (non-hydrogen) atoms. The van der Waals surface area contributed by atoms with E-state index in [-0.39, 0.29) is 43.6 Å². The summed E-state index contributed by atoms with van der Waals surface area (Å²) in [5.41, 5.74) is 0.0849. The molecule has 0 fully saturated rings. The number of ether oxygens (including phenoxy) is 3. The van der Waals surface area contributed by atoms with Gasteiger partial charge in [0.05, 0.1) is 30.4 Å². The molecule has 13 heteroatoms. The highest BCUT2D eigenvalue weighted by Gasteiger charge is 2.19. The van der Waals surface area contributed by atoms with Crippen LogP contribution in [0.15, 0.2) is 41.7 Å². The van der Waals surface area contributed by atoms with Crippen molar-refractivity contribution in [3.63, 3.8) is 0 Å². The van der Waals surface area contributed by atoms with Gasteiger partial charge in [-0.15, -0.1) is 0 Å². The van der Waals surface area contributed by atoms with Crippen molar-refractivity contribution in [1.29, 1.82) is 0 Å². The number of oxazole rings is 1. The first-order valence-corrected chi connectivity index (χ1v) is 11.7. The molecule has 3 aromatic rings. The zero-order valence-corrected chi connectivity index (χ0v) is 20.1. The zero-order chi connectivity index (χ0) is 24.2. The van der Waals surface area contributed by atoms with Gasteiger partial charge in [0.1, 0.15) is 25.0 Å². The van der Waals surface area contributed by atoms with Crippen molar-refractivity contribution in [3.8, 4) is 17.1 Å². The first-order valence-electron chi connectivity index (χ1n) is 10.6. The highest BCUT2D eigenvalue weighted by atomic mass is 35.5. The van der Waals surface area contributed by atoms with Crippen LogP contribution in [0.4, 0.5) is 3.89 Å². The summed E-state index contributed by atoms with van der Waals surface area (Å²) in [7, 11) is 0. The fourth-order valence-electron chi connectivity index (χ4n) is 2.92. The summed E-state index contributed by atoms with van der Waals surface area (Å²) in [5, 5.41) is 7.16. The molecule has 1 atom stereocenters. The number of halogens is 2. The molecule has 1 N–H and O–H groups in total. The van der Waals surface area contributed by atoms with Crippen molar-refractivity contribution in [2.24, 2.45) is 0 Å². The Balaban J connectivity index is 1.48. The van der Waals surface area contributed by atoms with Crippen LogP contribution in [-0.4, -0.2) is 64.1 Å². The van der Waals surface area contributed by atoms with Gasteiger partial charge >= 0.3 is 0 Å². The summed E-state index contributed by atoms with van der Waals surface area (Å²) in [6, 6.07) is 5.01. The number of rotatable bonds is 15. The molecule has 0 bridgehead atoms. The van der Waals surface area contributed by atoms with E-state index in [2.05, 4.69) is 20.4 Å². The normalized spacial score (nSPS) is 12.0. The average molecular weight is 514 g/mol. The summed E-state index contributed by atoms with van der Waals surface area (Å²) < 4.78 is 35.9. The Bertz CT molecular complexity index is 1020. The molecule has 1 amide bonds. The minimum absolute atomic E-state index is 0.102. The van der Waals surface area contributed by atoms with Crippen LogP contribution >= 0.6 is 23.7 Å². The molecule has 0 spiro atoms. The second-order valence-corrected chi connectivity index (χ2v) is 7.95. The second-order valence-electron chi connectivity index (χ2n) is 6.84. The number of nitrogens with zero attached hydrogens (tertiary/aromatic N) is 4. The second kappa shape index (κ2) is 13.9. The van der Waals surface area contributed by atoms with Gasteiger partial charge in [-0.05, 0) is 31.5 Å². The molecule has 10 nitrogen and oxygen atoms in total. The number of carbonyl (C=O) groups excluding carboxylic acids is 1. The molecule has 0 radical (unpaired) electrons. The van der Waals surface area contributed by atoms with Crippen molar-refractivity contribution >= 4 is 29.7 Å². The third kappa shape index (κ3) is 7.69. The maximum Gasteiger partial charge on any atom is 0.273 e. The van der Waals surface area contributed by atoms with E-state index in [1.54, 1.807) is 36.1 Å². The summed E-state index contributed by atoms with van der Waals surface area (Å²) in [4.78, 5) is 20.5. The third-order valence-electron chi connectivity index (χ3n) is 4.48. The average Bonchev–Trinajstić information content (AvgIpc) is 3.54. The number of carbonyl (C=O) groups is 1. The molecule has 0 aliphatic heterocycles. The van der Waals surface area contributed by atoms with Crippen molar-refractivity contribution < 1.29 is 27.3 Å². The Hall–Kier alpha value is -2.67. The van der Waals surface area contributed by atoms with E-state index in [1.807, 2.05) is 0 Å². The topological polar surface area (TPSA) is 114 Å². The Kier molecular flexibility index (Phi) is 10.6. The lowest BCUT2D eigenvalue weighted by Gasteiger charge is -2.13. The maximum absolute atomic E-state index is 12.7. The predicted molar refractivity (Wildman–Crippen MR) is 124 cm³/mol. The number of amides is 1. The Morgan fingerprint density at radius 3 is 3.00 bits per heavy atom. The Morgan fingerprint density at radius 1 is 1.38 bits per heavy atom. The smallest absolute Gasteiger partial charge is 0.273 e. The summed E-state index contributed by atoms with van der Waals surface area (Å²) >= 11 is 6.44. The van der Waals surface area contributed by atoms with Crippen LogP contribution in [0.25, 0.3) is 11.3 Å². The summed E-state index contributed by atoms with van der Waals surface area (Å²) in [5.74, 6) is 0.387.